The van der Waals surface area contributed by atoms with Crippen molar-refractivity contribution in [3.05, 3.63) is 53.3 Å². The number of aliphatic carboxylic acids is 1. The van der Waals surface area contributed by atoms with E-state index >= 15 is 0 Å². The van der Waals surface area contributed by atoms with Gasteiger partial charge in [-0.2, -0.15) is 5.10 Å². The molecule has 23 heavy (non-hydrogen) atoms. The number of carboxylic acid groups (broad SMARTS) is 1. The standard InChI is InChI=1S/C17H21N3O3/c1-12-9-13(2)20(18-12)11-16(21)19(3)15(17(22)23)10-14-7-5-4-6-8-14/h4-9,15H,10-11H2,1-3H3,(H,22,23). The molecule has 1 unspecified atom stereocenters. The third-order valence-corrected chi connectivity index (χ3v) is 3.81. The summed E-state index contributed by atoms with van der Waals surface area (Å²) in [7, 11) is 1.52. The number of aromatic nitrogens is 2. The van der Waals surface area contributed by atoms with Gasteiger partial charge < -0.3 is 10.0 Å². The Labute approximate surface area is 135 Å². The molecule has 0 aliphatic rings. The number of benzene rings is 1. The van der Waals surface area contributed by atoms with Crippen molar-refractivity contribution in [2.24, 2.45) is 0 Å². The maximum atomic E-state index is 12.4. The highest BCUT2D eigenvalue weighted by molar-refractivity contribution is 5.83. The number of rotatable bonds is 6. The van der Waals surface area contributed by atoms with Gasteiger partial charge >= 0.3 is 5.97 Å². The Hall–Kier alpha value is -2.63. The minimum Gasteiger partial charge on any atom is -0.480 e. The molecule has 122 valence electrons. The molecule has 1 amide bonds. The van der Waals surface area contributed by atoms with Crippen molar-refractivity contribution in [2.45, 2.75) is 32.9 Å². The Morgan fingerprint density at radius 1 is 1.26 bits per heavy atom. The number of aryl methyl sites for hydroxylation is 2. The first-order chi connectivity index (χ1) is 10.9. The van der Waals surface area contributed by atoms with Gasteiger partial charge in [0.2, 0.25) is 5.91 Å². The van der Waals surface area contributed by atoms with Crippen LogP contribution in [0.15, 0.2) is 36.4 Å². The molecule has 0 saturated carbocycles. The third-order valence-electron chi connectivity index (χ3n) is 3.81. The lowest BCUT2D eigenvalue weighted by Crippen LogP contribution is -2.45. The summed E-state index contributed by atoms with van der Waals surface area (Å²) in [6.07, 6.45) is 0.273. The van der Waals surface area contributed by atoms with E-state index in [-0.39, 0.29) is 18.9 Å². The van der Waals surface area contributed by atoms with Crippen molar-refractivity contribution in [1.82, 2.24) is 14.7 Å². The topological polar surface area (TPSA) is 75.4 Å². The number of hydrogen-bond acceptors (Lipinski definition) is 3. The number of nitrogens with zero attached hydrogens (tertiary/aromatic N) is 3. The molecule has 2 rings (SSSR count). The van der Waals surface area contributed by atoms with Crippen molar-refractivity contribution in [3.8, 4) is 0 Å². The third kappa shape index (κ3) is 4.18. The van der Waals surface area contributed by atoms with Gasteiger partial charge in [0.15, 0.2) is 0 Å². The van der Waals surface area contributed by atoms with Crippen molar-refractivity contribution in [1.29, 1.82) is 0 Å². The first kappa shape index (κ1) is 16.7. The molecule has 0 spiro atoms. The average Bonchev–Trinajstić information content (AvgIpc) is 2.82. The molecule has 6 heteroatoms. The second kappa shape index (κ2) is 7.09. The van der Waals surface area contributed by atoms with Gasteiger partial charge in [0.25, 0.3) is 0 Å². The molecular formula is C17H21N3O3. The summed E-state index contributed by atoms with van der Waals surface area (Å²) >= 11 is 0. The predicted octanol–water partition coefficient (Wildman–Crippen LogP) is 1.65. The number of carbonyl (C=O) groups excluding carboxylic acids is 1. The van der Waals surface area contributed by atoms with Crippen molar-refractivity contribution < 1.29 is 14.7 Å². The van der Waals surface area contributed by atoms with Crippen LogP contribution in [0.1, 0.15) is 17.0 Å². The first-order valence-corrected chi connectivity index (χ1v) is 7.42. The fraction of sp³-hybridized carbons (Fsp3) is 0.353. The van der Waals surface area contributed by atoms with Crippen LogP contribution in [0.2, 0.25) is 0 Å². The van der Waals surface area contributed by atoms with Gasteiger partial charge in [0, 0.05) is 19.2 Å². The summed E-state index contributed by atoms with van der Waals surface area (Å²) in [5.74, 6) is -1.29. The minimum atomic E-state index is -1.02. The monoisotopic (exact) mass is 315 g/mol. The molecule has 0 fully saturated rings. The summed E-state index contributed by atoms with van der Waals surface area (Å²) in [6.45, 7) is 3.76. The van der Waals surface area contributed by atoms with Crippen LogP contribution in [0.4, 0.5) is 0 Å². The fourth-order valence-corrected chi connectivity index (χ4v) is 2.48. The second-order valence-corrected chi connectivity index (χ2v) is 5.63. The van der Waals surface area contributed by atoms with Gasteiger partial charge in [-0.05, 0) is 25.5 Å². The van der Waals surface area contributed by atoms with Gasteiger partial charge in [-0.3, -0.25) is 9.48 Å². The molecule has 1 heterocycles. The van der Waals surface area contributed by atoms with Gasteiger partial charge in [0.1, 0.15) is 12.6 Å². The Kier molecular flexibility index (Phi) is 5.16. The smallest absolute Gasteiger partial charge is 0.326 e. The molecule has 0 aliphatic heterocycles. The van der Waals surface area contributed by atoms with E-state index in [1.165, 1.54) is 11.9 Å². The van der Waals surface area contributed by atoms with Crippen LogP contribution in [0.3, 0.4) is 0 Å². The predicted molar refractivity (Wildman–Crippen MR) is 86.0 cm³/mol. The number of carbonyl (C=O) groups is 2. The van der Waals surface area contributed by atoms with E-state index in [4.69, 9.17) is 0 Å². The maximum absolute atomic E-state index is 12.4. The Bertz CT molecular complexity index is 694. The van der Waals surface area contributed by atoms with Gasteiger partial charge in [-0.15, -0.1) is 0 Å². The number of carboxylic acids is 1. The van der Waals surface area contributed by atoms with E-state index in [0.29, 0.717) is 0 Å². The molecule has 0 saturated heterocycles. The van der Waals surface area contributed by atoms with Crippen LogP contribution in [-0.2, 0) is 22.6 Å². The summed E-state index contributed by atoms with van der Waals surface area (Å²) < 4.78 is 1.59. The normalized spacial score (nSPS) is 12.0. The molecule has 6 nitrogen and oxygen atoms in total. The molecular weight excluding hydrogens is 294 g/mol. The second-order valence-electron chi connectivity index (χ2n) is 5.63. The molecule has 1 aromatic carbocycles. The maximum Gasteiger partial charge on any atom is 0.326 e. The lowest BCUT2D eigenvalue weighted by atomic mass is 10.1. The average molecular weight is 315 g/mol. The lowest BCUT2D eigenvalue weighted by Gasteiger charge is -2.25. The molecule has 0 aliphatic carbocycles. The van der Waals surface area contributed by atoms with Crippen LogP contribution >= 0.6 is 0 Å². The van der Waals surface area contributed by atoms with Crippen molar-refractivity contribution >= 4 is 11.9 Å². The molecule has 0 radical (unpaired) electrons. The number of hydrogen-bond donors (Lipinski definition) is 1. The quantitative estimate of drug-likeness (QED) is 0.879. The minimum absolute atomic E-state index is 0.0365. The number of likely N-dealkylation sites (N-methyl/N-ethyl adjacent to an activating group) is 1. The summed E-state index contributed by atoms with van der Waals surface area (Å²) in [5, 5.41) is 13.7. The van der Waals surface area contributed by atoms with Crippen molar-refractivity contribution in [2.75, 3.05) is 7.05 Å². The Morgan fingerprint density at radius 3 is 2.43 bits per heavy atom. The molecule has 1 aromatic heterocycles. The van der Waals surface area contributed by atoms with E-state index in [9.17, 15) is 14.7 Å². The van der Waals surface area contributed by atoms with Crippen LogP contribution in [0.25, 0.3) is 0 Å². The molecule has 1 N–H and O–H groups in total. The van der Waals surface area contributed by atoms with E-state index in [1.807, 2.05) is 50.2 Å². The summed E-state index contributed by atoms with van der Waals surface area (Å²) in [5.41, 5.74) is 2.59. The zero-order chi connectivity index (χ0) is 17.0. The van der Waals surface area contributed by atoms with Crippen LogP contribution in [0.5, 0.6) is 0 Å². The van der Waals surface area contributed by atoms with Gasteiger partial charge in [-0.1, -0.05) is 30.3 Å². The van der Waals surface area contributed by atoms with E-state index in [0.717, 1.165) is 17.0 Å². The Morgan fingerprint density at radius 2 is 1.91 bits per heavy atom. The van der Waals surface area contributed by atoms with Crippen LogP contribution in [-0.4, -0.2) is 44.8 Å². The highest BCUT2D eigenvalue weighted by Gasteiger charge is 2.27. The fourth-order valence-electron chi connectivity index (χ4n) is 2.48. The molecule has 2 aromatic rings. The Balaban J connectivity index is 2.10. The highest BCUT2D eigenvalue weighted by Crippen LogP contribution is 2.10. The lowest BCUT2D eigenvalue weighted by molar-refractivity contribution is -0.149. The van der Waals surface area contributed by atoms with E-state index in [1.54, 1.807) is 4.68 Å². The SMILES string of the molecule is Cc1cc(C)n(CC(=O)N(C)C(Cc2ccccc2)C(=O)O)n1. The summed E-state index contributed by atoms with van der Waals surface area (Å²) in [6, 6.07) is 10.3. The first-order valence-electron chi connectivity index (χ1n) is 7.42. The zero-order valence-corrected chi connectivity index (χ0v) is 13.6. The number of amides is 1. The molecule has 1 atom stereocenters. The zero-order valence-electron chi connectivity index (χ0n) is 13.6. The highest BCUT2D eigenvalue weighted by atomic mass is 16.4. The van der Waals surface area contributed by atoms with E-state index < -0.39 is 12.0 Å². The van der Waals surface area contributed by atoms with Gasteiger partial charge in [0.05, 0.1) is 5.69 Å². The van der Waals surface area contributed by atoms with Crippen LogP contribution in [0, 0.1) is 13.8 Å². The molecule has 0 bridgehead atoms. The van der Waals surface area contributed by atoms with Crippen molar-refractivity contribution in [3.63, 3.8) is 0 Å². The van der Waals surface area contributed by atoms with Gasteiger partial charge in [-0.25, -0.2) is 4.79 Å². The van der Waals surface area contributed by atoms with E-state index in [2.05, 4.69) is 5.10 Å². The largest absolute Gasteiger partial charge is 0.480 e. The summed E-state index contributed by atoms with van der Waals surface area (Å²) in [4.78, 5) is 25.3. The van der Waals surface area contributed by atoms with Crippen LogP contribution < -0.4 is 0 Å².